The van der Waals surface area contributed by atoms with E-state index in [9.17, 15) is 5.11 Å². The Balaban J connectivity index is 2.91. The van der Waals surface area contributed by atoms with E-state index >= 15 is 0 Å². The molecule has 2 rings (SSSR count). The molecular formula is C6H4IN3O. The molecule has 1 N–H and O–H groups in total. The molecule has 0 aromatic carbocycles. The van der Waals surface area contributed by atoms with Crippen molar-refractivity contribution in [2.75, 3.05) is 0 Å². The molecule has 0 spiro atoms. The second-order valence-electron chi connectivity index (χ2n) is 2.04. The van der Waals surface area contributed by atoms with Gasteiger partial charge in [0.25, 0.3) is 0 Å². The van der Waals surface area contributed by atoms with E-state index < -0.39 is 0 Å². The number of halogens is 1. The normalized spacial score (nSPS) is 10.6. The average Bonchev–Trinajstić information content (AvgIpc) is 2.34. The van der Waals surface area contributed by atoms with Crippen LogP contribution in [0.4, 0.5) is 0 Å². The predicted molar refractivity (Wildman–Crippen MR) is 47.4 cm³/mol. The van der Waals surface area contributed by atoms with Crippen LogP contribution in [-0.4, -0.2) is 19.7 Å². The van der Waals surface area contributed by atoms with E-state index in [0.29, 0.717) is 9.35 Å². The zero-order valence-electron chi connectivity index (χ0n) is 5.40. The summed E-state index contributed by atoms with van der Waals surface area (Å²) < 4.78 is 2.12. The maximum Gasteiger partial charge on any atom is 0.240 e. The summed E-state index contributed by atoms with van der Waals surface area (Å²) in [5.41, 5.74) is 0.630. The highest BCUT2D eigenvalue weighted by Crippen LogP contribution is 2.14. The van der Waals surface area contributed by atoms with Crippen molar-refractivity contribution in [3.05, 3.63) is 22.2 Å². The fourth-order valence-corrected chi connectivity index (χ4v) is 1.35. The Hall–Kier alpha value is -0.850. The van der Waals surface area contributed by atoms with Gasteiger partial charge in [0.2, 0.25) is 9.71 Å². The summed E-state index contributed by atoms with van der Waals surface area (Å²) >= 11 is 1.95. The molecule has 0 bridgehead atoms. The molecule has 0 aliphatic heterocycles. The van der Waals surface area contributed by atoms with E-state index in [4.69, 9.17) is 0 Å². The van der Waals surface area contributed by atoms with Crippen LogP contribution >= 0.6 is 22.6 Å². The number of nitrogens with zero attached hydrogens (tertiary/aromatic N) is 3. The minimum Gasteiger partial charge on any atom is -0.492 e. The Morgan fingerprint density at radius 2 is 2.36 bits per heavy atom. The highest BCUT2D eigenvalue weighted by molar-refractivity contribution is 14.1. The van der Waals surface area contributed by atoms with Crippen molar-refractivity contribution in [1.29, 1.82) is 0 Å². The van der Waals surface area contributed by atoms with Crippen LogP contribution in [0.3, 0.4) is 0 Å². The fourth-order valence-electron chi connectivity index (χ4n) is 0.892. The Bertz CT molecular complexity index is 398. The van der Waals surface area contributed by atoms with Crippen LogP contribution < -0.4 is 0 Å². The zero-order valence-corrected chi connectivity index (χ0v) is 7.56. The van der Waals surface area contributed by atoms with Gasteiger partial charge in [-0.1, -0.05) is 0 Å². The number of fused-ring (bicyclic) bond motifs is 1. The number of aromatic nitrogens is 3. The van der Waals surface area contributed by atoms with Gasteiger partial charge in [-0.3, -0.25) is 0 Å². The standard InChI is InChI=1S/C6H4IN3O/c7-6-8-5(11)4-2-1-3-10(4)9-6/h1-3H,(H,8,9,11). The van der Waals surface area contributed by atoms with Gasteiger partial charge in [-0.2, -0.15) is 4.98 Å². The lowest BCUT2D eigenvalue weighted by atomic mass is 10.5. The SMILES string of the molecule is Oc1nc(I)nn2cccc12. The lowest BCUT2D eigenvalue weighted by Crippen LogP contribution is -1.95. The Kier molecular flexibility index (Phi) is 1.45. The topological polar surface area (TPSA) is 50.4 Å². The maximum atomic E-state index is 9.26. The molecule has 0 aliphatic carbocycles. The third-order valence-corrected chi connectivity index (χ3v) is 1.80. The van der Waals surface area contributed by atoms with E-state index in [1.165, 1.54) is 0 Å². The van der Waals surface area contributed by atoms with E-state index in [0.717, 1.165) is 0 Å². The van der Waals surface area contributed by atoms with E-state index in [-0.39, 0.29) is 5.88 Å². The zero-order chi connectivity index (χ0) is 7.84. The minimum atomic E-state index is 0.0226. The fraction of sp³-hybridized carbons (Fsp3) is 0. The first-order valence-electron chi connectivity index (χ1n) is 2.97. The Morgan fingerprint density at radius 1 is 1.55 bits per heavy atom. The Labute approximate surface area is 76.0 Å². The van der Waals surface area contributed by atoms with Gasteiger partial charge >= 0.3 is 0 Å². The number of hydrogen-bond donors (Lipinski definition) is 1. The van der Waals surface area contributed by atoms with Crippen molar-refractivity contribution in [1.82, 2.24) is 14.6 Å². The average molecular weight is 261 g/mol. The van der Waals surface area contributed by atoms with Gasteiger partial charge < -0.3 is 5.11 Å². The highest BCUT2D eigenvalue weighted by Gasteiger charge is 2.02. The van der Waals surface area contributed by atoms with E-state index in [2.05, 4.69) is 10.1 Å². The molecule has 5 heteroatoms. The van der Waals surface area contributed by atoms with Crippen molar-refractivity contribution < 1.29 is 5.11 Å². The molecule has 2 aromatic rings. The first kappa shape index (κ1) is 6.84. The van der Waals surface area contributed by atoms with Gasteiger partial charge in [0.05, 0.1) is 0 Å². The summed E-state index contributed by atoms with van der Waals surface area (Å²) in [6.45, 7) is 0. The third kappa shape index (κ3) is 1.05. The molecule has 2 aromatic heterocycles. The molecule has 4 nitrogen and oxygen atoms in total. The summed E-state index contributed by atoms with van der Waals surface area (Å²) in [7, 11) is 0. The van der Waals surface area contributed by atoms with Crippen LogP contribution in [-0.2, 0) is 0 Å². The van der Waals surface area contributed by atoms with Crippen LogP contribution in [0.1, 0.15) is 0 Å². The first-order valence-corrected chi connectivity index (χ1v) is 4.05. The van der Waals surface area contributed by atoms with Crippen LogP contribution in [0.25, 0.3) is 5.52 Å². The summed E-state index contributed by atoms with van der Waals surface area (Å²) in [6.07, 6.45) is 1.76. The van der Waals surface area contributed by atoms with Crippen molar-refractivity contribution >= 4 is 28.1 Å². The van der Waals surface area contributed by atoms with Crippen LogP contribution in [0, 0.1) is 3.83 Å². The number of aromatic hydroxyl groups is 1. The smallest absolute Gasteiger partial charge is 0.240 e. The molecule has 0 saturated carbocycles. The van der Waals surface area contributed by atoms with Gasteiger partial charge in [-0.05, 0) is 12.1 Å². The molecule has 11 heavy (non-hydrogen) atoms. The van der Waals surface area contributed by atoms with Crippen molar-refractivity contribution in [2.24, 2.45) is 0 Å². The molecule has 0 aliphatic rings. The van der Waals surface area contributed by atoms with Crippen LogP contribution in [0.15, 0.2) is 18.3 Å². The molecule has 0 saturated heterocycles. The van der Waals surface area contributed by atoms with Crippen molar-refractivity contribution in [3.8, 4) is 5.88 Å². The summed E-state index contributed by atoms with van der Waals surface area (Å²) in [5.74, 6) is 0.0226. The minimum absolute atomic E-state index is 0.0226. The highest BCUT2D eigenvalue weighted by atomic mass is 127. The van der Waals surface area contributed by atoms with Gasteiger partial charge in [0, 0.05) is 28.8 Å². The van der Waals surface area contributed by atoms with Gasteiger partial charge in [-0.25, -0.2) is 4.52 Å². The van der Waals surface area contributed by atoms with Gasteiger partial charge in [0.1, 0.15) is 5.52 Å². The van der Waals surface area contributed by atoms with Gasteiger partial charge in [-0.15, -0.1) is 5.10 Å². The van der Waals surface area contributed by atoms with Crippen molar-refractivity contribution in [2.45, 2.75) is 0 Å². The van der Waals surface area contributed by atoms with Crippen LogP contribution in [0.5, 0.6) is 5.88 Å². The molecule has 0 atom stereocenters. The quantitative estimate of drug-likeness (QED) is 0.721. The molecule has 0 unspecified atom stereocenters. The molecule has 2 heterocycles. The molecule has 0 radical (unpaired) electrons. The second kappa shape index (κ2) is 2.33. The maximum absolute atomic E-state index is 9.26. The van der Waals surface area contributed by atoms with E-state index in [1.54, 1.807) is 22.8 Å². The molecular weight excluding hydrogens is 257 g/mol. The summed E-state index contributed by atoms with van der Waals surface area (Å²) in [5, 5.41) is 13.3. The number of rotatable bonds is 0. The molecule has 56 valence electrons. The summed E-state index contributed by atoms with van der Waals surface area (Å²) in [4.78, 5) is 3.78. The second-order valence-corrected chi connectivity index (χ2v) is 3.01. The largest absolute Gasteiger partial charge is 0.492 e. The number of hydrogen-bond acceptors (Lipinski definition) is 3. The van der Waals surface area contributed by atoms with E-state index in [1.807, 2.05) is 22.6 Å². The van der Waals surface area contributed by atoms with Crippen molar-refractivity contribution in [3.63, 3.8) is 0 Å². The molecule has 0 fully saturated rings. The monoisotopic (exact) mass is 261 g/mol. The van der Waals surface area contributed by atoms with Crippen LogP contribution in [0.2, 0.25) is 0 Å². The predicted octanol–water partition coefficient (Wildman–Crippen LogP) is 1.04. The lowest BCUT2D eigenvalue weighted by molar-refractivity contribution is 0.451. The lowest BCUT2D eigenvalue weighted by Gasteiger charge is -1.95. The third-order valence-electron chi connectivity index (χ3n) is 1.35. The molecule has 0 amide bonds. The first-order chi connectivity index (χ1) is 5.27. The Morgan fingerprint density at radius 3 is 3.18 bits per heavy atom. The summed E-state index contributed by atoms with van der Waals surface area (Å²) in [6, 6.07) is 3.56. The van der Waals surface area contributed by atoms with Gasteiger partial charge in [0.15, 0.2) is 0 Å².